The average molecular weight is 436 g/mol. The van der Waals surface area contributed by atoms with Gasteiger partial charge in [-0.3, -0.25) is 15.3 Å². The molecule has 0 aliphatic carbocycles. The molecule has 10 heteroatoms. The first-order valence-electron chi connectivity index (χ1n) is 9.30. The maximum Gasteiger partial charge on any atom is 0.412 e. The van der Waals surface area contributed by atoms with E-state index in [1.165, 1.54) is 11.6 Å². The number of hydroxylamine groups is 1. The molecule has 2 rings (SSSR count). The van der Waals surface area contributed by atoms with Gasteiger partial charge in [0.15, 0.2) is 0 Å². The lowest BCUT2D eigenvalue weighted by atomic mass is 10.0. The molecule has 31 heavy (non-hydrogen) atoms. The van der Waals surface area contributed by atoms with Gasteiger partial charge in [-0.25, -0.2) is 19.1 Å². The van der Waals surface area contributed by atoms with Crippen LogP contribution in [0.1, 0.15) is 24.5 Å². The minimum atomic E-state index is -0.951. The fourth-order valence-electron chi connectivity index (χ4n) is 2.57. The number of allylic oxidation sites excluding steroid dienone is 1. The zero-order valence-corrected chi connectivity index (χ0v) is 16.4. The topological polar surface area (TPSA) is 117 Å². The van der Waals surface area contributed by atoms with E-state index in [9.17, 15) is 18.4 Å². The summed E-state index contributed by atoms with van der Waals surface area (Å²) in [7, 11) is 0. The fourth-order valence-corrected chi connectivity index (χ4v) is 2.57. The summed E-state index contributed by atoms with van der Waals surface area (Å²) in [6.07, 6.45) is 1.48. The zero-order valence-electron chi connectivity index (χ0n) is 16.4. The number of benzene rings is 2. The number of halogens is 2. The van der Waals surface area contributed by atoms with Crippen molar-refractivity contribution in [2.24, 2.45) is 0 Å². The molecule has 0 spiro atoms. The highest BCUT2D eigenvalue weighted by Crippen LogP contribution is 2.26. The minimum Gasteiger partial charge on any atom is -0.491 e. The summed E-state index contributed by atoms with van der Waals surface area (Å²) in [6.45, 7) is -0.00993. The number of nitrogens with one attached hydrogen (secondary N) is 2. The van der Waals surface area contributed by atoms with Crippen LogP contribution in [-0.2, 0) is 9.53 Å². The van der Waals surface area contributed by atoms with E-state index in [1.54, 1.807) is 24.3 Å². The van der Waals surface area contributed by atoms with Gasteiger partial charge in [0.25, 0.3) is 5.91 Å². The van der Waals surface area contributed by atoms with Gasteiger partial charge < -0.3 is 14.6 Å². The standard InChI is InChI=1S/C21H22F2N2O6/c22-15-7-10-18(17(23)13-15)24-21(28)31-19(3-1-2-4-20(27)25-29)14-5-8-16(9-6-14)30-12-11-26/h2,4-10,13,19,26,29H,1,3,11-12H2,(H,24,28)(H,25,27)/b4-2+/t19-/m0/s1. The van der Waals surface area contributed by atoms with E-state index in [4.69, 9.17) is 19.8 Å². The van der Waals surface area contributed by atoms with E-state index < -0.39 is 29.7 Å². The number of ether oxygens (including phenoxy) is 2. The molecule has 1 atom stereocenters. The Kier molecular flexibility index (Phi) is 9.40. The Morgan fingerprint density at radius 2 is 1.87 bits per heavy atom. The first-order valence-corrected chi connectivity index (χ1v) is 9.30. The second-order valence-corrected chi connectivity index (χ2v) is 6.24. The van der Waals surface area contributed by atoms with E-state index >= 15 is 0 Å². The van der Waals surface area contributed by atoms with Crippen LogP contribution in [-0.4, -0.2) is 35.5 Å². The fraction of sp³-hybridized carbons (Fsp3) is 0.238. The molecule has 0 heterocycles. The molecule has 0 saturated carbocycles. The second kappa shape index (κ2) is 12.3. The molecular formula is C21H22F2N2O6. The second-order valence-electron chi connectivity index (χ2n) is 6.24. The number of aliphatic hydroxyl groups is 1. The number of carbonyl (C=O) groups excluding carboxylic acids is 2. The molecule has 0 saturated heterocycles. The van der Waals surface area contributed by atoms with Gasteiger partial charge in [-0.1, -0.05) is 18.2 Å². The van der Waals surface area contributed by atoms with Crippen molar-refractivity contribution in [1.82, 2.24) is 5.48 Å². The van der Waals surface area contributed by atoms with Crippen molar-refractivity contribution in [1.29, 1.82) is 0 Å². The number of amides is 2. The summed E-state index contributed by atoms with van der Waals surface area (Å²) >= 11 is 0. The Labute approximate surface area is 177 Å². The van der Waals surface area contributed by atoms with Gasteiger partial charge in [0.2, 0.25) is 0 Å². The average Bonchev–Trinajstić information content (AvgIpc) is 2.76. The maximum absolute atomic E-state index is 13.8. The number of aliphatic hydroxyl groups excluding tert-OH is 1. The van der Waals surface area contributed by atoms with Crippen molar-refractivity contribution in [2.75, 3.05) is 18.5 Å². The van der Waals surface area contributed by atoms with Crippen LogP contribution in [0.5, 0.6) is 5.75 Å². The van der Waals surface area contributed by atoms with E-state index in [0.717, 1.165) is 18.2 Å². The van der Waals surface area contributed by atoms with E-state index in [2.05, 4.69) is 5.32 Å². The highest BCUT2D eigenvalue weighted by Gasteiger charge is 2.18. The molecule has 166 valence electrons. The highest BCUT2D eigenvalue weighted by atomic mass is 19.1. The first kappa shape index (κ1) is 23.8. The molecule has 8 nitrogen and oxygen atoms in total. The molecule has 0 radical (unpaired) electrons. The Morgan fingerprint density at radius 1 is 1.13 bits per heavy atom. The number of anilines is 1. The lowest BCUT2D eigenvalue weighted by molar-refractivity contribution is -0.124. The summed E-state index contributed by atoms with van der Waals surface area (Å²) in [4.78, 5) is 23.3. The van der Waals surface area contributed by atoms with E-state index in [0.29, 0.717) is 23.8 Å². The molecule has 0 fully saturated rings. The molecular weight excluding hydrogens is 414 g/mol. The van der Waals surface area contributed by atoms with Gasteiger partial charge in [0.1, 0.15) is 30.1 Å². The largest absolute Gasteiger partial charge is 0.491 e. The smallest absolute Gasteiger partial charge is 0.412 e. The van der Waals surface area contributed by atoms with Crippen molar-refractivity contribution in [3.8, 4) is 5.75 Å². The van der Waals surface area contributed by atoms with E-state index in [1.807, 2.05) is 0 Å². The quantitative estimate of drug-likeness (QED) is 0.257. The number of rotatable bonds is 10. The monoisotopic (exact) mass is 436 g/mol. The summed E-state index contributed by atoms with van der Waals surface area (Å²) in [6, 6.07) is 9.29. The summed E-state index contributed by atoms with van der Waals surface area (Å²) in [5, 5.41) is 19.5. The third kappa shape index (κ3) is 8.03. The molecule has 4 N–H and O–H groups in total. The molecule has 0 aliphatic heterocycles. The van der Waals surface area contributed by atoms with Crippen LogP contribution >= 0.6 is 0 Å². The van der Waals surface area contributed by atoms with Gasteiger partial charge in [0, 0.05) is 12.1 Å². The normalized spacial score (nSPS) is 11.7. The number of hydrogen-bond acceptors (Lipinski definition) is 6. The van der Waals surface area contributed by atoms with Crippen molar-refractivity contribution in [2.45, 2.75) is 18.9 Å². The van der Waals surface area contributed by atoms with Crippen molar-refractivity contribution in [3.63, 3.8) is 0 Å². The number of hydrogen-bond donors (Lipinski definition) is 4. The summed E-state index contributed by atoms with van der Waals surface area (Å²) < 4.78 is 37.5. The van der Waals surface area contributed by atoms with Crippen LogP contribution in [0.15, 0.2) is 54.6 Å². The Morgan fingerprint density at radius 3 is 2.52 bits per heavy atom. The van der Waals surface area contributed by atoms with Crippen LogP contribution in [0.25, 0.3) is 0 Å². The maximum atomic E-state index is 13.8. The predicted molar refractivity (Wildman–Crippen MR) is 107 cm³/mol. The van der Waals surface area contributed by atoms with Gasteiger partial charge >= 0.3 is 6.09 Å². The zero-order chi connectivity index (χ0) is 22.6. The Bertz CT molecular complexity index is 905. The van der Waals surface area contributed by atoms with Gasteiger partial charge in [-0.2, -0.15) is 0 Å². The molecule has 0 aliphatic rings. The molecule has 0 unspecified atom stereocenters. The van der Waals surface area contributed by atoms with Gasteiger partial charge in [-0.05, 0) is 42.7 Å². The molecule has 0 bridgehead atoms. The summed E-state index contributed by atoms with van der Waals surface area (Å²) in [5.74, 6) is -1.92. The number of carbonyl (C=O) groups is 2. The van der Waals surface area contributed by atoms with Crippen molar-refractivity contribution < 1.29 is 38.2 Å². The third-order valence-electron chi connectivity index (χ3n) is 4.00. The lowest BCUT2D eigenvalue weighted by Crippen LogP contribution is -2.18. The molecule has 2 aromatic rings. The van der Waals surface area contributed by atoms with E-state index in [-0.39, 0.29) is 25.3 Å². The summed E-state index contributed by atoms with van der Waals surface area (Å²) in [5.41, 5.74) is 1.83. The molecule has 2 amide bonds. The minimum absolute atomic E-state index is 0.128. The SMILES string of the molecule is O=C(/C=C/CC[C@H](OC(=O)Nc1ccc(F)cc1F)c1ccc(OCCO)cc1)NO. The Hall–Kier alpha value is -3.50. The van der Waals surface area contributed by atoms with Gasteiger partial charge in [-0.15, -0.1) is 0 Å². The Balaban J connectivity index is 2.09. The van der Waals surface area contributed by atoms with Crippen molar-refractivity contribution >= 4 is 17.7 Å². The van der Waals surface area contributed by atoms with Crippen molar-refractivity contribution in [3.05, 3.63) is 71.8 Å². The van der Waals surface area contributed by atoms with Gasteiger partial charge in [0.05, 0.1) is 12.3 Å². The van der Waals surface area contributed by atoms with Crippen LogP contribution in [0.3, 0.4) is 0 Å². The van der Waals surface area contributed by atoms with Crippen LogP contribution in [0.2, 0.25) is 0 Å². The first-order chi connectivity index (χ1) is 14.9. The lowest BCUT2D eigenvalue weighted by Gasteiger charge is -2.19. The highest BCUT2D eigenvalue weighted by molar-refractivity contribution is 5.86. The van der Waals surface area contributed by atoms with Crippen LogP contribution < -0.4 is 15.5 Å². The third-order valence-corrected chi connectivity index (χ3v) is 4.00. The molecule has 0 aromatic heterocycles. The van der Waals surface area contributed by atoms with Crippen LogP contribution in [0, 0.1) is 11.6 Å². The molecule has 2 aromatic carbocycles. The predicted octanol–water partition coefficient (Wildman–Crippen LogP) is 3.47. The van der Waals surface area contributed by atoms with Crippen LogP contribution in [0.4, 0.5) is 19.3 Å².